The largest absolute Gasteiger partial charge is 0.464 e. The van der Waals surface area contributed by atoms with Crippen LogP contribution >= 0.6 is 0 Å². The van der Waals surface area contributed by atoms with E-state index in [1.165, 1.54) is 0 Å². The van der Waals surface area contributed by atoms with E-state index in [2.05, 4.69) is 22.2 Å². The van der Waals surface area contributed by atoms with Crippen molar-refractivity contribution < 1.29 is 4.42 Å². The molecular formula is C16H17N3O. The van der Waals surface area contributed by atoms with Crippen LogP contribution in [0.15, 0.2) is 40.8 Å². The highest BCUT2D eigenvalue weighted by Crippen LogP contribution is 2.23. The van der Waals surface area contributed by atoms with Gasteiger partial charge in [-0.25, -0.2) is 9.97 Å². The Morgan fingerprint density at radius 3 is 2.35 bits per heavy atom. The Hall–Kier alpha value is -2.36. The van der Waals surface area contributed by atoms with Gasteiger partial charge in [-0.05, 0) is 45.0 Å². The predicted molar refractivity (Wildman–Crippen MR) is 79.8 cm³/mol. The Balaban J connectivity index is 1.92. The minimum atomic E-state index is 0.0536. The molecule has 0 radical (unpaired) electrons. The summed E-state index contributed by atoms with van der Waals surface area (Å²) in [5, 5.41) is 3.36. The maximum Gasteiger partial charge on any atom is 0.148 e. The molecule has 0 saturated carbocycles. The minimum Gasteiger partial charge on any atom is -0.464 e. The van der Waals surface area contributed by atoms with Crippen LogP contribution in [0.2, 0.25) is 0 Å². The Kier molecular flexibility index (Phi) is 3.14. The van der Waals surface area contributed by atoms with Crippen LogP contribution in [0.4, 0.5) is 5.82 Å². The van der Waals surface area contributed by atoms with Crippen LogP contribution in [0.3, 0.4) is 0 Å². The first-order chi connectivity index (χ1) is 9.63. The summed E-state index contributed by atoms with van der Waals surface area (Å²) in [7, 11) is 0. The van der Waals surface area contributed by atoms with E-state index >= 15 is 0 Å². The minimum absolute atomic E-state index is 0.0536. The number of nitrogens with zero attached hydrogens (tertiary/aromatic N) is 2. The van der Waals surface area contributed by atoms with Crippen molar-refractivity contribution >= 4 is 16.9 Å². The van der Waals surface area contributed by atoms with Crippen LogP contribution in [0.25, 0.3) is 11.0 Å². The van der Waals surface area contributed by atoms with Gasteiger partial charge in [0.05, 0.1) is 22.8 Å². The standard InChI is InChI=1S/C16H17N3O/c1-10-8-9-15(20-10)11(2)18-16-12(3)17-13-6-4-5-7-14(13)19-16/h4-9,11H,1-3H3,(H,18,19). The summed E-state index contributed by atoms with van der Waals surface area (Å²) in [5.74, 6) is 2.61. The Labute approximate surface area is 117 Å². The third-order valence-electron chi connectivity index (χ3n) is 3.29. The summed E-state index contributed by atoms with van der Waals surface area (Å²) in [6, 6.07) is 11.9. The number of nitrogens with one attached hydrogen (secondary N) is 1. The van der Waals surface area contributed by atoms with Crippen molar-refractivity contribution in [2.45, 2.75) is 26.8 Å². The lowest BCUT2D eigenvalue weighted by Crippen LogP contribution is -2.09. The molecule has 0 saturated heterocycles. The summed E-state index contributed by atoms with van der Waals surface area (Å²) in [4.78, 5) is 9.20. The van der Waals surface area contributed by atoms with Crippen LogP contribution in [0, 0.1) is 13.8 Å². The average Bonchev–Trinajstić information content (AvgIpc) is 2.86. The number of hydrogen-bond donors (Lipinski definition) is 1. The van der Waals surface area contributed by atoms with E-state index in [1.807, 2.05) is 50.2 Å². The van der Waals surface area contributed by atoms with Gasteiger partial charge in [0.25, 0.3) is 0 Å². The fourth-order valence-electron chi connectivity index (χ4n) is 2.19. The molecule has 0 amide bonds. The van der Waals surface area contributed by atoms with Gasteiger partial charge in [-0.15, -0.1) is 0 Å². The lowest BCUT2D eigenvalue weighted by molar-refractivity contribution is 0.466. The molecule has 2 heterocycles. The number of aryl methyl sites for hydroxylation is 2. The highest BCUT2D eigenvalue weighted by Gasteiger charge is 2.12. The predicted octanol–water partition coefficient (Wildman–Crippen LogP) is 4.01. The molecule has 4 heteroatoms. The fourth-order valence-corrected chi connectivity index (χ4v) is 2.19. The quantitative estimate of drug-likeness (QED) is 0.779. The van der Waals surface area contributed by atoms with Crippen molar-refractivity contribution in [2.24, 2.45) is 0 Å². The van der Waals surface area contributed by atoms with Crippen molar-refractivity contribution in [3.63, 3.8) is 0 Å². The molecule has 1 aromatic carbocycles. The summed E-state index contributed by atoms with van der Waals surface area (Å²) in [6.07, 6.45) is 0. The van der Waals surface area contributed by atoms with E-state index in [-0.39, 0.29) is 6.04 Å². The first-order valence-corrected chi connectivity index (χ1v) is 6.70. The van der Waals surface area contributed by atoms with Crippen molar-refractivity contribution in [3.05, 3.63) is 53.6 Å². The monoisotopic (exact) mass is 267 g/mol. The number of aromatic nitrogens is 2. The molecule has 0 aliphatic carbocycles. The molecule has 3 rings (SSSR count). The second-order valence-corrected chi connectivity index (χ2v) is 4.96. The molecule has 0 spiro atoms. The lowest BCUT2D eigenvalue weighted by atomic mass is 10.2. The van der Waals surface area contributed by atoms with Gasteiger partial charge in [-0.1, -0.05) is 12.1 Å². The number of fused-ring (bicyclic) bond motifs is 1. The SMILES string of the molecule is Cc1ccc(C(C)Nc2nc3ccccc3nc2C)o1. The number of anilines is 1. The number of furan rings is 1. The number of para-hydroxylation sites is 2. The molecular weight excluding hydrogens is 250 g/mol. The molecule has 4 nitrogen and oxygen atoms in total. The van der Waals surface area contributed by atoms with Gasteiger partial charge in [0.1, 0.15) is 17.3 Å². The Morgan fingerprint density at radius 1 is 1.00 bits per heavy atom. The highest BCUT2D eigenvalue weighted by atomic mass is 16.3. The number of hydrogen-bond acceptors (Lipinski definition) is 4. The van der Waals surface area contributed by atoms with Crippen LogP contribution in [0.5, 0.6) is 0 Å². The first-order valence-electron chi connectivity index (χ1n) is 6.70. The molecule has 1 atom stereocenters. The lowest BCUT2D eigenvalue weighted by Gasteiger charge is -2.14. The van der Waals surface area contributed by atoms with Gasteiger partial charge >= 0.3 is 0 Å². The maximum absolute atomic E-state index is 5.63. The molecule has 0 fully saturated rings. The van der Waals surface area contributed by atoms with Crippen LogP contribution in [-0.4, -0.2) is 9.97 Å². The third kappa shape index (κ3) is 2.37. The fraction of sp³-hybridized carbons (Fsp3) is 0.250. The van der Waals surface area contributed by atoms with E-state index in [1.54, 1.807) is 0 Å². The Bertz CT molecular complexity index is 748. The van der Waals surface area contributed by atoms with Gasteiger partial charge < -0.3 is 9.73 Å². The summed E-state index contributed by atoms with van der Waals surface area (Å²) in [6.45, 7) is 5.95. The van der Waals surface area contributed by atoms with Gasteiger partial charge in [-0.3, -0.25) is 0 Å². The van der Waals surface area contributed by atoms with E-state index < -0.39 is 0 Å². The van der Waals surface area contributed by atoms with Crippen molar-refractivity contribution in [1.82, 2.24) is 9.97 Å². The average molecular weight is 267 g/mol. The van der Waals surface area contributed by atoms with E-state index in [9.17, 15) is 0 Å². The van der Waals surface area contributed by atoms with Gasteiger partial charge in [0.2, 0.25) is 0 Å². The second kappa shape index (κ2) is 4.96. The molecule has 20 heavy (non-hydrogen) atoms. The van der Waals surface area contributed by atoms with Crippen molar-refractivity contribution in [1.29, 1.82) is 0 Å². The molecule has 0 bridgehead atoms. The van der Waals surface area contributed by atoms with Crippen molar-refractivity contribution in [2.75, 3.05) is 5.32 Å². The molecule has 3 aromatic rings. The van der Waals surface area contributed by atoms with E-state index in [4.69, 9.17) is 4.42 Å². The summed E-state index contributed by atoms with van der Waals surface area (Å²) < 4.78 is 5.63. The topological polar surface area (TPSA) is 51.0 Å². The summed E-state index contributed by atoms with van der Waals surface area (Å²) >= 11 is 0. The van der Waals surface area contributed by atoms with E-state index in [0.717, 1.165) is 34.1 Å². The maximum atomic E-state index is 5.63. The van der Waals surface area contributed by atoms with Crippen LogP contribution in [0.1, 0.15) is 30.2 Å². The zero-order valence-electron chi connectivity index (χ0n) is 11.8. The zero-order chi connectivity index (χ0) is 14.1. The van der Waals surface area contributed by atoms with Crippen LogP contribution < -0.4 is 5.32 Å². The molecule has 0 aliphatic rings. The molecule has 1 N–H and O–H groups in total. The van der Waals surface area contributed by atoms with Gasteiger partial charge in [-0.2, -0.15) is 0 Å². The van der Waals surface area contributed by atoms with Gasteiger partial charge in [0, 0.05) is 0 Å². The zero-order valence-corrected chi connectivity index (χ0v) is 11.8. The third-order valence-corrected chi connectivity index (χ3v) is 3.29. The van der Waals surface area contributed by atoms with E-state index in [0.29, 0.717) is 0 Å². The normalized spacial score (nSPS) is 12.6. The van der Waals surface area contributed by atoms with Crippen LogP contribution in [-0.2, 0) is 0 Å². The molecule has 0 aliphatic heterocycles. The number of rotatable bonds is 3. The number of benzene rings is 1. The van der Waals surface area contributed by atoms with Crippen molar-refractivity contribution in [3.8, 4) is 0 Å². The molecule has 102 valence electrons. The summed E-state index contributed by atoms with van der Waals surface area (Å²) in [5.41, 5.74) is 2.69. The first kappa shape index (κ1) is 12.7. The molecule has 1 unspecified atom stereocenters. The van der Waals surface area contributed by atoms with Gasteiger partial charge in [0.15, 0.2) is 0 Å². The second-order valence-electron chi connectivity index (χ2n) is 4.96. The smallest absolute Gasteiger partial charge is 0.148 e. The highest BCUT2D eigenvalue weighted by molar-refractivity contribution is 5.76. The Morgan fingerprint density at radius 2 is 1.70 bits per heavy atom. The molecule has 2 aromatic heterocycles.